The van der Waals surface area contributed by atoms with Crippen LogP contribution < -0.4 is 9.47 Å². The van der Waals surface area contributed by atoms with Gasteiger partial charge in [0.25, 0.3) is 0 Å². The number of rotatable bonds is 6. The van der Waals surface area contributed by atoms with Crippen LogP contribution in [0.25, 0.3) is 0 Å². The third kappa shape index (κ3) is 4.36. The molecule has 0 saturated heterocycles. The van der Waals surface area contributed by atoms with E-state index >= 15 is 0 Å². The van der Waals surface area contributed by atoms with Crippen LogP contribution in [0.4, 0.5) is 4.39 Å². The zero-order valence-corrected chi connectivity index (χ0v) is 11.6. The Hall–Kier alpha value is -2.27. The van der Waals surface area contributed by atoms with Gasteiger partial charge < -0.3 is 14.6 Å². The van der Waals surface area contributed by atoms with E-state index in [1.165, 1.54) is 42.5 Å². The third-order valence-electron chi connectivity index (χ3n) is 2.60. The Bertz CT molecular complexity index is 628. The van der Waals surface area contributed by atoms with E-state index in [1.54, 1.807) is 0 Å². The molecule has 0 bridgehead atoms. The first kappa shape index (κ1) is 15.1. The standard InChI is InChI=1S/C15H12ClFO4/c16-10-1-6-13(15(18)19)14(9-10)21-8-7-20-12-4-2-11(17)3-5-12/h1-6,9H,7-8H2,(H,18,19). The van der Waals surface area contributed by atoms with Crippen LogP contribution in [0.5, 0.6) is 11.5 Å². The molecule has 0 aliphatic heterocycles. The Balaban J connectivity index is 1.90. The molecule has 6 heteroatoms. The molecule has 0 amide bonds. The molecule has 0 heterocycles. The average Bonchev–Trinajstić information content (AvgIpc) is 2.45. The summed E-state index contributed by atoms with van der Waals surface area (Å²) >= 11 is 5.81. The van der Waals surface area contributed by atoms with Gasteiger partial charge in [-0.1, -0.05) is 11.6 Å². The van der Waals surface area contributed by atoms with Gasteiger partial charge >= 0.3 is 5.97 Å². The van der Waals surface area contributed by atoms with Crippen LogP contribution in [-0.2, 0) is 0 Å². The Morgan fingerprint density at radius 1 is 1.10 bits per heavy atom. The number of benzene rings is 2. The minimum absolute atomic E-state index is 0.0289. The van der Waals surface area contributed by atoms with E-state index in [-0.39, 0.29) is 30.3 Å². The molecule has 0 aliphatic rings. The van der Waals surface area contributed by atoms with Crippen molar-refractivity contribution >= 4 is 17.6 Å². The summed E-state index contributed by atoms with van der Waals surface area (Å²) < 4.78 is 23.4. The minimum atomic E-state index is -1.10. The molecule has 2 aromatic carbocycles. The Labute approximate surface area is 125 Å². The maximum atomic E-state index is 12.7. The number of hydrogen-bond donors (Lipinski definition) is 1. The molecule has 4 nitrogen and oxygen atoms in total. The summed E-state index contributed by atoms with van der Waals surface area (Å²) in [5, 5.41) is 9.41. The van der Waals surface area contributed by atoms with Crippen LogP contribution in [0.3, 0.4) is 0 Å². The maximum Gasteiger partial charge on any atom is 0.339 e. The lowest BCUT2D eigenvalue weighted by Gasteiger charge is -2.10. The van der Waals surface area contributed by atoms with E-state index in [0.717, 1.165) is 0 Å². The fourth-order valence-corrected chi connectivity index (χ4v) is 1.80. The fraction of sp³-hybridized carbons (Fsp3) is 0.133. The molecule has 2 aromatic rings. The molecule has 21 heavy (non-hydrogen) atoms. The topological polar surface area (TPSA) is 55.8 Å². The predicted octanol–water partition coefficient (Wildman–Crippen LogP) is 3.64. The quantitative estimate of drug-likeness (QED) is 0.828. The Morgan fingerprint density at radius 2 is 1.76 bits per heavy atom. The van der Waals surface area contributed by atoms with E-state index in [4.69, 9.17) is 26.2 Å². The average molecular weight is 311 g/mol. The smallest absolute Gasteiger partial charge is 0.339 e. The fourth-order valence-electron chi connectivity index (χ4n) is 1.63. The number of carboxylic acids is 1. The highest BCUT2D eigenvalue weighted by Crippen LogP contribution is 2.23. The van der Waals surface area contributed by atoms with Gasteiger partial charge in [0.1, 0.15) is 36.1 Å². The highest BCUT2D eigenvalue weighted by atomic mass is 35.5. The van der Waals surface area contributed by atoms with Gasteiger partial charge in [-0.3, -0.25) is 0 Å². The van der Waals surface area contributed by atoms with E-state index in [0.29, 0.717) is 10.8 Å². The molecule has 0 spiro atoms. The van der Waals surface area contributed by atoms with Crippen molar-refractivity contribution in [2.75, 3.05) is 13.2 Å². The van der Waals surface area contributed by atoms with Crippen molar-refractivity contribution in [3.05, 3.63) is 58.9 Å². The molecule has 0 unspecified atom stereocenters. The van der Waals surface area contributed by atoms with Crippen LogP contribution in [0.15, 0.2) is 42.5 Å². The molecular weight excluding hydrogens is 299 g/mol. The Kier molecular flexibility index (Phi) is 5.00. The van der Waals surface area contributed by atoms with Gasteiger partial charge in [-0.05, 0) is 42.5 Å². The summed E-state index contributed by atoms with van der Waals surface area (Å²) in [6.45, 7) is 0.329. The second kappa shape index (κ2) is 6.95. The van der Waals surface area contributed by atoms with E-state index in [2.05, 4.69) is 0 Å². The van der Waals surface area contributed by atoms with E-state index < -0.39 is 5.97 Å². The first-order chi connectivity index (χ1) is 10.1. The van der Waals surface area contributed by atoms with Crippen molar-refractivity contribution < 1.29 is 23.8 Å². The van der Waals surface area contributed by atoms with Gasteiger partial charge in [0, 0.05) is 5.02 Å². The van der Waals surface area contributed by atoms with Gasteiger partial charge in [0.15, 0.2) is 0 Å². The molecule has 0 aliphatic carbocycles. The van der Waals surface area contributed by atoms with E-state index in [9.17, 15) is 9.18 Å². The lowest BCUT2D eigenvalue weighted by atomic mass is 10.2. The minimum Gasteiger partial charge on any atom is -0.490 e. The molecule has 0 radical (unpaired) electrons. The van der Waals surface area contributed by atoms with Crippen LogP contribution >= 0.6 is 11.6 Å². The normalized spacial score (nSPS) is 10.2. The van der Waals surface area contributed by atoms with Gasteiger partial charge in [-0.15, -0.1) is 0 Å². The summed E-state index contributed by atoms with van der Waals surface area (Å²) in [6, 6.07) is 9.86. The van der Waals surface area contributed by atoms with E-state index in [1.807, 2.05) is 0 Å². The summed E-state index contributed by atoms with van der Waals surface area (Å²) in [4.78, 5) is 11.0. The number of halogens is 2. The van der Waals surface area contributed by atoms with Crippen molar-refractivity contribution in [2.45, 2.75) is 0 Å². The maximum absolute atomic E-state index is 12.7. The van der Waals surface area contributed by atoms with Gasteiger partial charge in [-0.25, -0.2) is 9.18 Å². The molecule has 0 aromatic heterocycles. The van der Waals surface area contributed by atoms with Crippen LogP contribution in [-0.4, -0.2) is 24.3 Å². The summed E-state index contributed by atoms with van der Waals surface area (Å²) in [5.74, 6) is -0.757. The second-order valence-corrected chi connectivity index (χ2v) is 4.53. The molecule has 110 valence electrons. The van der Waals surface area contributed by atoms with Crippen molar-refractivity contribution in [1.29, 1.82) is 0 Å². The molecule has 2 rings (SSSR count). The predicted molar refractivity (Wildman–Crippen MR) is 75.8 cm³/mol. The van der Waals surface area contributed by atoms with Crippen molar-refractivity contribution in [3.8, 4) is 11.5 Å². The number of carbonyl (C=O) groups is 1. The summed E-state index contributed by atoms with van der Waals surface area (Å²) in [7, 11) is 0. The summed E-state index contributed by atoms with van der Waals surface area (Å²) in [6.07, 6.45) is 0. The SMILES string of the molecule is O=C(O)c1ccc(Cl)cc1OCCOc1ccc(F)cc1. The van der Waals surface area contributed by atoms with Crippen LogP contribution in [0.2, 0.25) is 5.02 Å². The lowest BCUT2D eigenvalue weighted by molar-refractivity contribution is 0.0691. The lowest BCUT2D eigenvalue weighted by Crippen LogP contribution is -2.11. The number of ether oxygens (including phenoxy) is 2. The van der Waals surface area contributed by atoms with Gasteiger partial charge in [0.05, 0.1) is 0 Å². The third-order valence-corrected chi connectivity index (χ3v) is 2.83. The molecule has 0 saturated carbocycles. The molecule has 0 atom stereocenters. The van der Waals surface area contributed by atoms with Crippen LogP contribution in [0.1, 0.15) is 10.4 Å². The monoisotopic (exact) mass is 310 g/mol. The number of hydrogen-bond acceptors (Lipinski definition) is 3. The molecular formula is C15H12ClFO4. The van der Waals surface area contributed by atoms with Crippen LogP contribution in [0, 0.1) is 5.82 Å². The Morgan fingerprint density at radius 3 is 2.43 bits per heavy atom. The molecule has 0 fully saturated rings. The zero-order valence-electron chi connectivity index (χ0n) is 10.9. The van der Waals surface area contributed by atoms with Crippen molar-refractivity contribution in [1.82, 2.24) is 0 Å². The molecule has 1 N–H and O–H groups in total. The number of aromatic carboxylic acids is 1. The first-order valence-electron chi connectivity index (χ1n) is 6.10. The number of carboxylic acid groups (broad SMARTS) is 1. The van der Waals surface area contributed by atoms with Gasteiger partial charge in [-0.2, -0.15) is 0 Å². The van der Waals surface area contributed by atoms with Crippen molar-refractivity contribution in [2.24, 2.45) is 0 Å². The second-order valence-electron chi connectivity index (χ2n) is 4.10. The zero-order chi connectivity index (χ0) is 15.2. The summed E-state index contributed by atoms with van der Waals surface area (Å²) in [5.41, 5.74) is 0.0289. The van der Waals surface area contributed by atoms with Gasteiger partial charge in [0.2, 0.25) is 0 Å². The first-order valence-corrected chi connectivity index (χ1v) is 6.48. The van der Waals surface area contributed by atoms with Crippen molar-refractivity contribution in [3.63, 3.8) is 0 Å². The largest absolute Gasteiger partial charge is 0.490 e. The highest BCUT2D eigenvalue weighted by Gasteiger charge is 2.11. The highest BCUT2D eigenvalue weighted by molar-refractivity contribution is 6.30.